The van der Waals surface area contributed by atoms with Crippen LogP contribution in [0.3, 0.4) is 0 Å². The first-order valence-corrected chi connectivity index (χ1v) is 5.16. The topological polar surface area (TPSA) is 46.5 Å². The van der Waals surface area contributed by atoms with Crippen LogP contribution >= 0.6 is 0 Å². The van der Waals surface area contributed by atoms with Gasteiger partial charge in [-0.05, 0) is 12.1 Å². The van der Waals surface area contributed by atoms with Gasteiger partial charge in [0.2, 0.25) is 0 Å². The van der Waals surface area contributed by atoms with Gasteiger partial charge in [0.25, 0.3) is 10.0 Å². The quantitative estimate of drug-likeness (QED) is 0.676. The van der Waals surface area contributed by atoms with Crippen molar-refractivity contribution in [2.45, 2.75) is 4.90 Å². The van der Waals surface area contributed by atoms with Crippen molar-refractivity contribution < 1.29 is 8.42 Å². The molecule has 66 valence electrons. The Morgan fingerprint density at radius 3 is 2.69 bits per heavy atom. The van der Waals surface area contributed by atoms with Gasteiger partial charge in [-0.3, -0.25) is 0 Å². The number of allylic oxidation sites excluding steroid dienone is 1. The average molecular weight is 193 g/mol. The molecule has 0 unspecified atom stereocenters. The van der Waals surface area contributed by atoms with Crippen LogP contribution in [0.4, 0.5) is 0 Å². The van der Waals surface area contributed by atoms with Crippen LogP contribution < -0.4 is 0 Å². The van der Waals surface area contributed by atoms with Gasteiger partial charge >= 0.3 is 0 Å². The lowest BCUT2D eigenvalue weighted by molar-refractivity contribution is 0.599. The average Bonchev–Trinajstić information content (AvgIpc) is 2.39. The monoisotopic (exact) mass is 193 g/mol. The minimum atomic E-state index is -3.45. The van der Waals surface area contributed by atoms with Crippen LogP contribution in [-0.2, 0) is 10.0 Å². The summed E-state index contributed by atoms with van der Waals surface area (Å²) >= 11 is 0. The minimum absolute atomic E-state index is 0.268. The number of nitrogens with zero attached hydrogens (tertiary/aromatic N) is 1. The molecule has 0 amide bonds. The van der Waals surface area contributed by atoms with E-state index in [4.69, 9.17) is 0 Å². The predicted octanol–water partition coefficient (Wildman–Crippen LogP) is 1.36. The number of rotatable bonds is 1. The van der Waals surface area contributed by atoms with Crippen LogP contribution in [-0.4, -0.2) is 14.1 Å². The molecule has 0 bridgehead atoms. The molecule has 1 heterocycles. The third-order valence-electron chi connectivity index (χ3n) is 1.85. The predicted molar refractivity (Wildman–Crippen MR) is 50.4 cm³/mol. The van der Waals surface area contributed by atoms with E-state index in [0.717, 1.165) is 0 Å². The van der Waals surface area contributed by atoms with Crippen LogP contribution in [0, 0.1) is 0 Å². The van der Waals surface area contributed by atoms with E-state index < -0.39 is 10.0 Å². The van der Waals surface area contributed by atoms with Crippen LogP contribution in [0.25, 0.3) is 0 Å². The second kappa shape index (κ2) is 2.53. The molecule has 0 radical (unpaired) electrons. The Morgan fingerprint density at radius 1 is 1.31 bits per heavy atom. The number of sulfonamides is 1. The molecule has 1 aromatic rings. The highest BCUT2D eigenvalue weighted by atomic mass is 32.2. The van der Waals surface area contributed by atoms with Crippen molar-refractivity contribution in [3.05, 3.63) is 42.5 Å². The molecule has 4 heteroatoms. The zero-order chi connectivity index (χ0) is 9.47. The molecule has 1 aliphatic rings. The number of hydrogen-bond donors (Lipinski definition) is 0. The van der Waals surface area contributed by atoms with Crippen LogP contribution in [0.5, 0.6) is 0 Å². The SMILES string of the molecule is C=CC1=NS(=O)(=O)c2ccccc21. The van der Waals surface area contributed by atoms with Gasteiger partial charge in [-0.1, -0.05) is 24.8 Å². The second-order valence-electron chi connectivity index (χ2n) is 2.65. The Morgan fingerprint density at radius 2 is 2.00 bits per heavy atom. The van der Waals surface area contributed by atoms with Gasteiger partial charge in [-0.25, -0.2) is 0 Å². The smallest absolute Gasteiger partial charge is 0.199 e. The number of fused-ring (bicyclic) bond motifs is 1. The van der Waals surface area contributed by atoms with E-state index in [2.05, 4.69) is 11.0 Å². The van der Waals surface area contributed by atoms with Gasteiger partial charge in [-0.2, -0.15) is 12.8 Å². The highest BCUT2D eigenvalue weighted by Gasteiger charge is 2.26. The fraction of sp³-hybridized carbons (Fsp3) is 0. The Hall–Kier alpha value is -1.42. The lowest BCUT2D eigenvalue weighted by atomic mass is 10.1. The lowest BCUT2D eigenvalue weighted by Crippen LogP contribution is -1.93. The van der Waals surface area contributed by atoms with E-state index in [1.54, 1.807) is 24.3 Å². The normalized spacial score (nSPS) is 17.7. The Kier molecular flexibility index (Phi) is 1.60. The maximum absolute atomic E-state index is 11.4. The molecule has 0 saturated heterocycles. The molecule has 2 rings (SSSR count). The molecule has 0 aliphatic carbocycles. The largest absolute Gasteiger partial charge is 0.283 e. The van der Waals surface area contributed by atoms with Crippen molar-refractivity contribution in [1.82, 2.24) is 0 Å². The maximum atomic E-state index is 11.4. The molecule has 0 spiro atoms. The molecule has 1 aliphatic heterocycles. The van der Waals surface area contributed by atoms with Gasteiger partial charge < -0.3 is 0 Å². The summed E-state index contributed by atoms with van der Waals surface area (Å²) in [5.41, 5.74) is 1.06. The number of benzene rings is 1. The third kappa shape index (κ3) is 1.10. The van der Waals surface area contributed by atoms with Crippen molar-refractivity contribution in [1.29, 1.82) is 0 Å². The van der Waals surface area contributed by atoms with Crippen LogP contribution in [0.1, 0.15) is 5.56 Å². The summed E-state index contributed by atoms with van der Waals surface area (Å²) in [7, 11) is -3.45. The molecular weight excluding hydrogens is 186 g/mol. The van der Waals surface area contributed by atoms with Gasteiger partial charge in [0, 0.05) is 5.56 Å². The van der Waals surface area contributed by atoms with Gasteiger partial charge in [-0.15, -0.1) is 0 Å². The molecule has 0 fully saturated rings. The third-order valence-corrected chi connectivity index (χ3v) is 3.20. The molecule has 0 saturated carbocycles. The van der Waals surface area contributed by atoms with Crippen molar-refractivity contribution in [2.24, 2.45) is 4.40 Å². The van der Waals surface area contributed by atoms with Gasteiger partial charge in [0.05, 0.1) is 10.6 Å². The fourth-order valence-electron chi connectivity index (χ4n) is 1.28. The van der Waals surface area contributed by atoms with Crippen LogP contribution in [0.15, 0.2) is 46.2 Å². The molecule has 13 heavy (non-hydrogen) atoms. The van der Waals surface area contributed by atoms with Crippen molar-refractivity contribution in [2.75, 3.05) is 0 Å². The zero-order valence-electron chi connectivity index (χ0n) is 6.77. The molecular formula is C9H7NO2S. The molecule has 3 nitrogen and oxygen atoms in total. The molecule has 0 aromatic heterocycles. The van der Waals surface area contributed by atoms with Gasteiger partial charge in [0.1, 0.15) is 0 Å². The van der Waals surface area contributed by atoms with E-state index >= 15 is 0 Å². The van der Waals surface area contributed by atoms with E-state index in [-0.39, 0.29) is 4.90 Å². The maximum Gasteiger partial charge on any atom is 0.283 e. The summed E-state index contributed by atoms with van der Waals surface area (Å²) in [5, 5.41) is 0. The second-order valence-corrected chi connectivity index (χ2v) is 4.22. The summed E-state index contributed by atoms with van der Waals surface area (Å²) in [6.45, 7) is 3.51. The first-order valence-electron chi connectivity index (χ1n) is 3.72. The first kappa shape index (κ1) is 8.19. The summed E-state index contributed by atoms with van der Waals surface area (Å²) in [5.74, 6) is 0. The Balaban J connectivity index is 2.83. The Labute approximate surface area is 76.5 Å². The molecule has 0 atom stereocenters. The Bertz CT molecular complexity index is 500. The van der Waals surface area contributed by atoms with Crippen molar-refractivity contribution in [3.8, 4) is 0 Å². The first-order chi connectivity index (χ1) is 6.15. The summed E-state index contributed by atoms with van der Waals surface area (Å²) in [6, 6.07) is 6.72. The van der Waals surface area contributed by atoms with E-state index in [1.807, 2.05) is 0 Å². The molecule has 0 N–H and O–H groups in total. The highest BCUT2D eigenvalue weighted by molar-refractivity contribution is 7.90. The van der Waals surface area contributed by atoms with Crippen molar-refractivity contribution in [3.63, 3.8) is 0 Å². The van der Waals surface area contributed by atoms with E-state index in [9.17, 15) is 8.42 Å². The summed E-state index contributed by atoms with van der Waals surface area (Å²) in [6.07, 6.45) is 1.45. The van der Waals surface area contributed by atoms with E-state index in [0.29, 0.717) is 11.3 Å². The fourth-order valence-corrected chi connectivity index (χ4v) is 2.51. The van der Waals surface area contributed by atoms with Crippen LogP contribution in [0.2, 0.25) is 0 Å². The minimum Gasteiger partial charge on any atom is -0.199 e. The van der Waals surface area contributed by atoms with Gasteiger partial charge in [0.15, 0.2) is 0 Å². The van der Waals surface area contributed by atoms with Crippen molar-refractivity contribution >= 4 is 15.7 Å². The summed E-state index contributed by atoms with van der Waals surface area (Å²) < 4.78 is 26.4. The molecule has 1 aromatic carbocycles. The lowest BCUT2D eigenvalue weighted by Gasteiger charge is -1.94. The zero-order valence-corrected chi connectivity index (χ0v) is 7.58. The standard InChI is InChI=1S/C9H7NO2S/c1-2-8-7-5-3-4-6-9(7)13(11,12)10-8/h2-6H,1H2. The summed E-state index contributed by atoms with van der Waals surface area (Å²) in [4.78, 5) is 0.268. The number of hydrogen-bond acceptors (Lipinski definition) is 2. The van der Waals surface area contributed by atoms with E-state index in [1.165, 1.54) is 6.08 Å². The highest BCUT2D eigenvalue weighted by Crippen LogP contribution is 2.25.